The zero-order valence-electron chi connectivity index (χ0n) is 13.2. The molecule has 2 N–H and O–H groups in total. The van der Waals surface area contributed by atoms with Crippen LogP contribution in [0.25, 0.3) is 0 Å². The van der Waals surface area contributed by atoms with Gasteiger partial charge in [-0.1, -0.05) is 12.0 Å². The van der Waals surface area contributed by atoms with E-state index in [1.807, 2.05) is 25.1 Å². The highest BCUT2D eigenvalue weighted by molar-refractivity contribution is 5.84. The molecule has 0 aliphatic carbocycles. The Bertz CT molecular complexity index is 521. The Morgan fingerprint density at radius 2 is 2.27 bits per heavy atom. The maximum Gasteiger partial charge on any atom is 0.244 e. The fourth-order valence-corrected chi connectivity index (χ4v) is 1.70. The van der Waals surface area contributed by atoms with Crippen LogP contribution in [0, 0.1) is 12.3 Å². The van der Waals surface area contributed by atoms with Crippen molar-refractivity contribution in [2.45, 2.75) is 13.3 Å². The maximum absolute atomic E-state index is 12.0. The summed E-state index contributed by atoms with van der Waals surface area (Å²) in [5, 5.41) is 5.98. The molecule has 118 valence electrons. The summed E-state index contributed by atoms with van der Waals surface area (Å²) >= 11 is 0. The standard InChI is InChI=1S/C16H23N5O/c1-4-10-19-16(17-5-2)20-13-15(22)21(3)12-9-14-8-6-7-11-18-14/h1,6-8,11H,5,9-10,12-13H2,2-3H3,(H2,17,19,20). The van der Waals surface area contributed by atoms with Gasteiger partial charge in [-0.2, -0.15) is 0 Å². The minimum absolute atomic E-state index is 0.0474. The Balaban J connectivity index is 2.43. The predicted octanol–water partition coefficient (Wildman–Crippen LogP) is 0.271. The largest absolute Gasteiger partial charge is 0.357 e. The molecule has 6 heteroatoms. The molecule has 0 aromatic carbocycles. The summed E-state index contributed by atoms with van der Waals surface area (Å²) in [5.74, 6) is 2.97. The van der Waals surface area contributed by atoms with Crippen LogP contribution in [0.2, 0.25) is 0 Å². The van der Waals surface area contributed by atoms with E-state index < -0.39 is 0 Å². The van der Waals surface area contributed by atoms with Crippen LogP contribution in [0.5, 0.6) is 0 Å². The average molecular weight is 301 g/mol. The van der Waals surface area contributed by atoms with Gasteiger partial charge < -0.3 is 15.5 Å². The Hall–Kier alpha value is -2.55. The molecule has 1 amide bonds. The molecule has 1 aromatic heterocycles. The number of amides is 1. The van der Waals surface area contributed by atoms with Crippen LogP contribution >= 0.6 is 0 Å². The number of nitrogens with one attached hydrogen (secondary N) is 2. The number of nitrogens with zero attached hydrogens (tertiary/aromatic N) is 3. The Kier molecular flexibility index (Phi) is 8.13. The van der Waals surface area contributed by atoms with E-state index >= 15 is 0 Å². The van der Waals surface area contributed by atoms with Gasteiger partial charge in [-0.05, 0) is 19.1 Å². The molecule has 1 heterocycles. The van der Waals surface area contributed by atoms with Gasteiger partial charge in [-0.15, -0.1) is 6.42 Å². The van der Waals surface area contributed by atoms with Crippen LogP contribution in [-0.4, -0.2) is 55.0 Å². The van der Waals surface area contributed by atoms with Crippen LogP contribution in [-0.2, 0) is 11.2 Å². The molecule has 6 nitrogen and oxygen atoms in total. The number of pyridine rings is 1. The van der Waals surface area contributed by atoms with Gasteiger partial charge in [0.05, 0.1) is 6.54 Å². The molecule has 0 aliphatic rings. The number of aromatic nitrogens is 1. The van der Waals surface area contributed by atoms with E-state index in [0.717, 1.165) is 12.1 Å². The average Bonchev–Trinajstić information content (AvgIpc) is 2.55. The zero-order valence-corrected chi connectivity index (χ0v) is 13.2. The molecule has 0 unspecified atom stereocenters. The van der Waals surface area contributed by atoms with Crippen molar-refractivity contribution in [3.05, 3.63) is 30.1 Å². The van der Waals surface area contributed by atoms with Crippen molar-refractivity contribution in [2.24, 2.45) is 4.99 Å². The van der Waals surface area contributed by atoms with E-state index in [-0.39, 0.29) is 12.5 Å². The molecular formula is C16H23N5O. The van der Waals surface area contributed by atoms with Gasteiger partial charge >= 0.3 is 0 Å². The third kappa shape index (κ3) is 6.75. The molecule has 0 radical (unpaired) electrons. The zero-order chi connectivity index (χ0) is 16.2. The van der Waals surface area contributed by atoms with E-state index in [9.17, 15) is 4.79 Å². The normalized spacial score (nSPS) is 10.7. The SMILES string of the molecule is C#CCNC(=NCC(=O)N(C)CCc1ccccn1)NCC. The van der Waals surface area contributed by atoms with Crippen molar-refractivity contribution in [3.8, 4) is 12.3 Å². The third-order valence-corrected chi connectivity index (χ3v) is 2.93. The second kappa shape index (κ2) is 10.2. The number of terminal acetylenes is 1. The quantitative estimate of drug-likeness (QED) is 0.431. The summed E-state index contributed by atoms with van der Waals surface area (Å²) in [5.41, 5.74) is 0.967. The smallest absolute Gasteiger partial charge is 0.244 e. The lowest BCUT2D eigenvalue weighted by Gasteiger charge is -2.16. The highest BCUT2D eigenvalue weighted by Gasteiger charge is 2.08. The number of likely N-dealkylation sites (N-methyl/N-ethyl adjacent to an activating group) is 1. The van der Waals surface area contributed by atoms with Gasteiger partial charge in [0.1, 0.15) is 6.54 Å². The molecule has 0 bridgehead atoms. The van der Waals surface area contributed by atoms with Crippen molar-refractivity contribution >= 4 is 11.9 Å². The van der Waals surface area contributed by atoms with Gasteiger partial charge in [0.25, 0.3) is 0 Å². The van der Waals surface area contributed by atoms with Gasteiger partial charge in [0, 0.05) is 38.4 Å². The Morgan fingerprint density at radius 3 is 2.91 bits per heavy atom. The molecular weight excluding hydrogens is 278 g/mol. The van der Waals surface area contributed by atoms with E-state index in [0.29, 0.717) is 25.6 Å². The summed E-state index contributed by atoms with van der Waals surface area (Å²) in [7, 11) is 1.77. The second-order valence-corrected chi connectivity index (χ2v) is 4.64. The van der Waals surface area contributed by atoms with Gasteiger partial charge in [-0.3, -0.25) is 9.78 Å². The first-order chi connectivity index (χ1) is 10.7. The van der Waals surface area contributed by atoms with Gasteiger partial charge in [0.2, 0.25) is 5.91 Å². The van der Waals surface area contributed by atoms with Crippen molar-refractivity contribution in [1.82, 2.24) is 20.5 Å². The number of aliphatic imine (C=N–C) groups is 1. The lowest BCUT2D eigenvalue weighted by molar-refractivity contribution is -0.128. The number of hydrogen-bond acceptors (Lipinski definition) is 3. The summed E-state index contributed by atoms with van der Waals surface area (Å²) in [4.78, 5) is 22.2. The number of hydrogen-bond donors (Lipinski definition) is 2. The van der Waals surface area contributed by atoms with Crippen molar-refractivity contribution < 1.29 is 4.79 Å². The van der Waals surface area contributed by atoms with Crippen LogP contribution in [0.4, 0.5) is 0 Å². The number of guanidine groups is 1. The van der Waals surface area contributed by atoms with Crippen molar-refractivity contribution in [1.29, 1.82) is 0 Å². The minimum Gasteiger partial charge on any atom is -0.357 e. The topological polar surface area (TPSA) is 69.6 Å². The monoisotopic (exact) mass is 301 g/mol. The van der Waals surface area contributed by atoms with E-state index in [4.69, 9.17) is 6.42 Å². The lowest BCUT2D eigenvalue weighted by Crippen LogP contribution is -2.39. The van der Waals surface area contributed by atoms with Crippen LogP contribution in [0.15, 0.2) is 29.4 Å². The molecule has 0 fully saturated rings. The number of carbonyl (C=O) groups is 1. The van der Waals surface area contributed by atoms with Gasteiger partial charge in [-0.25, -0.2) is 4.99 Å². The highest BCUT2D eigenvalue weighted by Crippen LogP contribution is 1.97. The van der Waals surface area contributed by atoms with Crippen molar-refractivity contribution in [2.75, 3.05) is 33.2 Å². The Morgan fingerprint density at radius 1 is 1.45 bits per heavy atom. The fourth-order valence-electron chi connectivity index (χ4n) is 1.70. The first kappa shape index (κ1) is 17.5. The lowest BCUT2D eigenvalue weighted by atomic mass is 10.2. The third-order valence-electron chi connectivity index (χ3n) is 2.93. The molecule has 1 rings (SSSR count). The molecule has 1 aromatic rings. The first-order valence-corrected chi connectivity index (χ1v) is 7.27. The van der Waals surface area contributed by atoms with E-state index in [2.05, 4.69) is 26.5 Å². The summed E-state index contributed by atoms with van der Waals surface area (Å²) in [6, 6.07) is 5.76. The van der Waals surface area contributed by atoms with Crippen molar-refractivity contribution in [3.63, 3.8) is 0 Å². The molecule has 0 spiro atoms. The number of carbonyl (C=O) groups excluding carboxylic acids is 1. The molecule has 0 saturated heterocycles. The van der Waals surface area contributed by atoms with Crippen LogP contribution < -0.4 is 10.6 Å². The second-order valence-electron chi connectivity index (χ2n) is 4.64. The molecule has 22 heavy (non-hydrogen) atoms. The van der Waals surface area contributed by atoms with Gasteiger partial charge in [0.15, 0.2) is 5.96 Å². The van der Waals surface area contributed by atoms with E-state index in [1.54, 1.807) is 18.1 Å². The minimum atomic E-state index is -0.0474. The number of rotatable bonds is 7. The van der Waals surface area contributed by atoms with Crippen LogP contribution in [0.1, 0.15) is 12.6 Å². The molecule has 0 atom stereocenters. The predicted molar refractivity (Wildman–Crippen MR) is 88.4 cm³/mol. The fraction of sp³-hybridized carbons (Fsp3) is 0.438. The van der Waals surface area contributed by atoms with Crippen LogP contribution in [0.3, 0.4) is 0 Å². The highest BCUT2D eigenvalue weighted by atomic mass is 16.2. The summed E-state index contributed by atoms with van der Waals surface area (Å²) in [6.45, 7) is 3.72. The summed E-state index contributed by atoms with van der Waals surface area (Å²) < 4.78 is 0. The molecule has 0 saturated carbocycles. The Labute approximate surface area is 132 Å². The first-order valence-electron chi connectivity index (χ1n) is 7.27. The van der Waals surface area contributed by atoms with E-state index in [1.165, 1.54) is 0 Å². The maximum atomic E-state index is 12.0. The summed E-state index contributed by atoms with van der Waals surface area (Å²) in [6.07, 6.45) is 7.67. The molecule has 0 aliphatic heterocycles.